The van der Waals surface area contributed by atoms with E-state index in [4.69, 9.17) is 14.2 Å². The number of amides is 1. The summed E-state index contributed by atoms with van der Waals surface area (Å²) in [5, 5.41) is 5.92. The Kier molecular flexibility index (Phi) is 7.98. The number of rotatable bonds is 8. The van der Waals surface area contributed by atoms with Crippen molar-refractivity contribution in [2.45, 2.75) is 26.0 Å². The summed E-state index contributed by atoms with van der Waals surface area (Å²) in [5.41, 5.74) is 4.00. The SMILES string of the molecule is CO/C=C(/C(=O)OC)c1ccccc1COc1ccc(C2=NN(C(C)=O)C(c3cccc(F)c3)C2)cc1. The second-order valence-electron chi connectivity index (χ2n) is 8.41. The smallest absolute Gasteiger partial charge is 0.341 e. The van der Waals surface area contributed by atoms with Crippen LogP contribution in [0.3, 0.4) is 0 Å². The maximum absolute atomic E-state index is 13.8. The molecule has 0 radical (unpaired) electrons. The number of methoxy groups -OCH3 is 2. The number of carbonyl (C=O) groups excluding carboxylic acids is 2. The third-order valence-corrected chi connectivity index (χ3v) is 6.00. The van der Waals surface area contributed by atoms with Crippen LogP contribution in [0.4, 0.5) is 4.39 Å². The van der Waals surface area contributed by atoms with E-state index in [1.165, 1.54) is 44.5 Å². The van der Waals surface area contributed by atoms with Gasteiger partial charge in [0.2, 0.25) is 5.91 Å². The standard InChI is InChI=1S/C29H27FN2O5/c1-19(33)32-28(21-8-6-9-23(30)15-21)16-27(31-32)20-11-13-24(14-12-20)37-17-22-7-4-5-10-25(22)26(18-35-2)29(34)36-3/h4-15,18,28H,16-17H2,1-3H3/b26-18+. The van der Waals surface area contributed by atoms with Gasteiger partial charge in [0.05, 0.1) is 32.2 Å². The molecule has 190 valence electrons. The van der Waals surface area contributed by atoms with Crippen molar-refractivity contribution in [3.05, 3.63) is 107 Å². The molecule has 1 heterocycles. The van der Waals surface area contributed by atoms with Gasteiger partial charge in [-0.25, -0.2) is 14.2 Å². The molecule has 8 heteroatoms. The van der Waals surface area contributed by atoms with Crippen LogP contribution in [0.15, 0.2) is 84.2 Å². The molecule has 1 atom stereocenters. The summed E-state index contributed by atoms with van der Waals surface area (Å²) in [4.78, 5) is 24.4. The van der Waals surface area contributed by atoms with Gasteiger partial charge in [0, 0.05) is 13.3 Å². The fourth-order valence-electron chi connectivity index (χ4n) is 4.21. The number of hydrazone groups is 1. The Balaban J connectivity index is 1.49. The van der Waals surface area contributed by atoms with Crippen LogP contribution >= 0.6 is 0 Å². The largest absolute Gasteiger partial charge is 0.503 e. The van der Waals surface area contributed by atoms with Crippen molar-refractivity contribution in [1.29, 1.82) is 0 Å². The maximum Gasteiger partial charge on any atom is 0.341 e. The lowest BCUT2D eigenvalue weighted by Gasteiger charge is -2.20. The first-order valence-electron chi connectivity index (χ1n) is 11.7. The number of halogens is 1. The molecule has 0 aliphatic carbocycles. The maximum atomic E-state index is 13.8. The molecule has 4 rings (SSSR count). The second kappa shape index (κ2) is 11.5. The van der Waals surface area contributed by atoms with E-state index >= 15 is 0 Å². The van der Waals surface area contributed by atoms with Crippen molar-refractivity contribution in [2.24, 2.45) is 5.10 Å². The highest BCUT2D eigenvalue weighted by Crippen LogP contribution is 2.33. The van der Waals surface area contributed by atoms with E-state index in [0.717, 1.165) is 16.8 Å². The summed E-state index contributed by atoms with van der Waals surface area (Å²) in [7, 11) is 2.78. The molecule has 7 nitrogen and oxygen atoms in total. The third-order valence-electron chi connectivity index (χ3n) is 6.00. The molecule has 1 unspecified atom stereocenters. The minimum absolute atomic E-state index is 0.211. The van der Waals surface area contributed by atoms with E-state index in [1.807, 2.05) is 42.5 Å². The van der Waals surface area contributed by atoms with Gasteiger partial charge >= 0.3 is 5.97 Å². The normalized spacial score (nSPS) is 15.2. The summed E-state index contributed by atoms with van der Waals surface area (Å²) < 4.78 is 29.7. The van der Waals surface area contributed by atoms with Crippen LogP contribution in [0.1, 0.15) is 41.6 Å². The predicted molar refractivity (Wildman–Crippen MR) is 137 cm³/mol. The van der Waals surface area contributed by atoms with Crippen molar-refractivity contribution < 1.29 is 28.2 Å². The van der Waals surface area contributed by atoms with Crippen LogP contribution in [-0.4, -0.2) is 36.8 Å². The number of carbonyl (C=O) groups is 2. The van der Waals surface area contributed by atoms with Crippen molar-refractivity contribution in [3.63, 3.8) is 0 Å². The Bertz CT molecular complexity index is 1350. The first kappa shape index (κ1) is 25.6. The molecular weight excluding hydrogens is 475 g/mol. The van der Waals surface area contributed by atoms with E-state index in [0.29, 0.717) is 28.9 Å². The molecule has 1 amide bonds. The molecule has 0 N–H and O–H groups in total. The van der Waals surface area contributed by atoms with Crippen LogP contribution in [0.2, 0.25) is 0 Å². The Morgan fingerprint density at radius 3 is 2.49 bits per heavy atom. The molecule has 0 bridgehead atoms. The monoisotopic (exact) mass is 502 g/mol. The molecule has 3 aromatic carbocycles. The van der Waals surface area contributed by atoms with Gasteiger partial charge in [-0.1, -0.05) is 36.4 Å². The molecular formula is C29H27FN2O5. The fourth-order valence-corrected chi connectivity index (χ4v) is 4.21. The van der Waals surface area contributed by atoms with Crippen LogP contribution in [0.25, 0.3) is 5.57 Å². The average molecular weight is 503 g/mol. The summed E-state index contributed by atoms with van der Waals surface area (Å²) >= 11 is 0. The lowest BCUT2D eigenvalue weighted by atomic mass is 9.98. The number of hydrogen-bond acceptors (Lipinski definition) is 6. The van der Waals surface area contributed by atoms with Crippen molar-refractivity contribution >= 4 is 23.2 Å². The van der Waals surface area contributed by atoms with E-state index in [9.17, 15) is 14.0 Å². The van der Waals surface area contributed by atoms with Crippen LogP contribution in [0, 0.1) is 5.82 Å². The molecule has 0 saturated carbocycles. The number of hydrogen-bond donors (Lipinski definition) is 0. The highest BCUT2D eigenvalue weighted by atomic mass is 19.1. The highest BCUT2D eigenvalue weighted by molar-refractivity contribution is 6.16. The van der Waals surface area contributed by atoms with Gasteiger partial charge in [0.25, 0.3) is 0 Å². The van der Waals surface area contributed by atoms with E-state index in [2.05, 4.69) is 5.10 Å². The van der Waals surface area contributed by atoms with Gasteiger partial charge in [-0.3, -0.25) is 4.79 Å². The minimum atomic E-state index is -0.507. The highest BCUT2D eigenvalue weighted by Gasteiger charge is 2.31. The quantitative estimate of drug-likeness (QED) is 0.239. The van der Waals surface area contributed by atoms with Gasteiger partial charge < -0.3 is 14.2 Å². The molecule has 0 spiro atoms. The summed E-state index contributed by atoms with van der Waals surface area (Å²) in [6, 6.07) is 20.6. The van der Waals surface area contributed by atoms with Crippen molar-refractivity contribution in [3.8, 4) is 5.75 Å². The molecule has 1 aliphatic heterocycles. The zero-order chi connectivity index (χ0) is 26.4. The van der Waals surface area contributed by atoms with Crippen LogP contribution in [0.5, 0.6) is 5.75 Å². The first-order chi connectivity index (χ1) is 17.9. The van der Waals surface area contributed by atoms with E-state index in [1.54, 1.807) is 18.2 Å². The van der Waals surface area contributed by atoms with Crippen molar-refractivity contribution in [2.75, 3.05) is 14.2 Å². The van der Waals surface area contributed by atoms with Crippen LogP contribution < -0.4 is 4.74 Å². The lowest BCUT2D eigenvalue weighted by Crippen LogP contribution is -2.24. The molecule has 0 saturated heterocycles. The summed E-state index contributed by atoms with van der Waals surface area (Å²) in [6.45, 7) is 1.66. The summed E-state index contributed by atoms with van der Waals surface area (Å²) in [6.07, 6.45) is 1.82. The topological polar surface area (TPSA) is 77.4 Å². The van der Waals surface area contributed by atoms with Gasteiger partial charge in [0.1, 0.15) is 23.7 Å². The van der Waals surface area contributed by atoms with Crippen LogP contribution in [-0.2, 0) is 25.7 Å². The first-order valence-corrected chi connectivity index (χ1v) is 11.7. The fraction of sp³-hybridized carbons (Fsp3) is 0.207. The van der Waals surface area contributed by atoms with Crippen molar-refractivity contribution in [1.82, 2.24) is 5.01 Å². The third kappa shape index (κ3) is 5.86. The predicted octanol–water partition coefficient (Wildman–Crippen LogP) is 5.26. The molecule has 37 heavy (non-hydrogen) atoms. The lowest BCUT2D eigenvalue weighted by molar-refractivity contribution is -0.134. The van der Waals surface area contributed by atoms with Gasteiger partial charge in [-0.15, -0.1) is 0 Å². The summed E-state index contributed by atoms with van der Waals surface area (Å²) in [5.74, 6) is -0.449. The number of esters is 1. The molecule has 0 aromatic heterocycles. The molecule has 0 fully saturated rings. The Labute approximate surface area is 214 Å². The second-order valence-corrected chi connectivity index (χ2v) is 8.41. The van der Waals surface area contributed by atoms with Gasteiger partial charge in [0.15, 0.2) is 0 Å². The Hall–Kier alpha value is -4.46. The van der Waals surface area contributed by atoms with Gasteiger partial charge in [-0.2, -0.15) is 5.10 Å². The van der Waals surface area contributed by atoms with E-state index in [-0.39, 0.29) is 24.4 Å². The molecule has 1 aliphatic rings. The number of benzene rings is 3. The average Bonchev–Trinajstić information content (AvgIpc) is 3.37. The molecule has 3 aromatic rings. The minimum Gasteiger partial charge on any atom is -0.503 e. The number of ether oxygens (including phenoxy) is 3. The van der Waals surface area contributed by atoms with E-state index < -0.39 is 5.97 Å². The van der Waals surface area contributed by atoms with Gasteiger partial charge in [-0.05, 0) is 58.7 Å². The zero-order valence-corrected chi connectivity index (χ0v) is 20.8. The Morgan fingerprint density at radius 1 is 1.05 bits per heavy atom. The zero-order valence-electron chi connectivity index (χ0n) is 20.8. The Morgan fingerprint density at radius 2 is 1.81 bits per heavy atom. The number of nitrogens with zero attached hydrogens (tertiary/aromatic N) is 2.